The molecular formula is C28H30O6. The van der Waals surface area contributed by atoms with Crippen LogP contribution in [0.2, 0.25) is 0 Å². The molecule has 0 N–H and O–H groups in total. The first-order valence-corrected chi connectivity index (χ1v) is 11.6. The molecule has 6 nitrogen and oxygen atoms in total. The zero-order valence-electron chi connectivity index (χ0n) is 19.6. The maximum absolute atomic E-state index is 12.8. The first-order chi connectivity index (χ1) is 16.7. The van der Waals surface area contributed by atoms with Gasteiger partial charge in [-0.1, -0.05) is 62.4 Å². The molecule has 3 aromatic rings. The van der Waals surface area contributed by atoms with E-state index in [1.54, 1.807) is 48.5 Å². The summed E-state index contributed by atoms with van der Waals surface area (Å²) in [6.07, 6.45) is 11.4. The van der Waals surface area contributed by atoms with E-state index in [9.17, 15) is 9.59 Å². The predicted octanol–water partition coefficient (Wildman–Crippen LogP) is 6.48. The van der Waals surface area contributed by atoms with Gasteiger partial charge >= 0.3 is 11.6 Å². The van der Waals surface area contributed by atoms with Crippen LogP contribution in [-0.2, 0) is 0 Å². The molecule has 2 aromatic carbocycles. The summed E-state index contributed by atoms with van der Waals surface area (Å²) in [7, 11) is 0. The van der Waals surface area contributed by atoms with Crippen molar-refractivity contribution in [1.29, 1.82) is 0 Å². The number of carbonyl (C=O) groups excluding carboxylic acids is 1. The fourth-order valence-corrected chi connectivity index (χ4v) is 3.28. The Kier molecular flexibility index (Phi) is 9.52. The van der Waals surface area contributed by atoms with Gasteiger partial charge in [0.05, 0.1) is 18.8 Å². The van der Waals surface area contributed by atoms with Crippen LogP contribution in [0, 0.1) is 0 Å². The first-order valence-electron chi connectivity index (χ1n) is 11.6. The van der Waals surface area contributed by atoms with Crippen molar-refractivity contribution in [3.05, 3.63) is 88.8 Å². The van der Waals surface area contributed by atoms with Gasteiger partial charge in [-0.2, -0.15) is 0 Å². The van der Waals surface area contributed by atoms with E-state index in [1.165, 1.54) is 0 Å². The smallest absolute Gasteiger partial charge is 0.383 e. The Morgan fingerprint density at radius 3 is 2.18 bits per heavy atom. The van der Waals surface area contributed by atoms with Crippen LogP contribution in [0.1, 0.15) is 49.9 Å². The molecule has 0 aliphatic rings. The maximum atomic E-state index is 12.8. The van der Waals surface area contributed by atoms with Gasteiger partial charge in [0.1, 0.15) is 16.7 Å². The zero-order valence-corrected chi connectivity index (χ0v) is 19.6. The number of allylic oxidation sites excluding steroid dienone is 2. The van der Waals surface area contributed by atoms with Crippen molar-refractivity contribution in [2.75, 3.05) is 13.2 Å². The van der Waals surface area contributed by atoms with E-state index < -0.39 is 11.6 Å². The summed E-state index contributed by atoms with van der Waals surface area (Å²) < 4.78 is 23.0. The molecule has 0 saturated heterocycles. The number of ether oxygens (including phenoxy) is 3. The van der Waals surface area contributed by atoms with Crippen LogP contribution in [0.25, 0.3) is 11.0 Å². The Balaban J connectivity index is 2.00. The van der Waals surface area contributed by atoms with Crippen LogP contribution >= 0.6 is 0 Å². The van der Waals surface area contributed by atoms with Gasteiger partial charge in [-0.3, -0.25) is 0 Å². The molecule has 1 aromatic heterocycles. The molecule has 0 amide bonds. The standard InChI is InChI=1S/C28H30O6/c1-3-5-7-12-19-31-22-17-14-18-23-24(22)25(32-20-13-8-6-4-2)26(28(30)33-23)34-27(29)21-15-10-9-11-16-21/h5-11,14-18H,3-4,12-13,19-20H2,1-2H3. The van der Waals surface area contributed by atoms with Gasteiger partial charge in [0.15, 0.2) is 5.75 Å². The Bertz CT molecular complexity index is 1190. The SMILES string of the molecule is CCC=CCCOc1cccc2oc(=O)c(OC(=O)c3ccccc3)c(OCCC=CCC)c12. The fourth-order valence-electron chi connectivity index (χ4n) is 3.28. The van der Waals surface area contributed by atoms with Gasteiger partial charge < -0.3 is 18.6 Å². The lowest BCUT2D eigenvalue weighted by Crippen LogP contribution is -2.16. The highest BCUT2D eigenvalue weighted by molar-refractivity contribution is 5.95. The minimum Gasteiger partial charge on any atom is -0.492 e. The second-order valence-electron chi connectivity index (χ2n) is 7.47. The molecule has 0 aliphatic carbocycles. The second-order valence-corrected chi connectivity index (χ2v) is 7.47. The Labute approximate surface area is 199 Å². The number of fused-ring (bicyclic) bond motifs is 1. The van der Waals surface area contributed by atoms with Crippen molar-refractivity contribution in [1.82, 2.24) is 0 Å². The van der Waals surface area contributed by atoms with Crippen LogP contribution in [0.15, 0.2) is 82.0 Å². The summed E-state index contributed by atoms with van der Waals surface area (Å²) in [5.41, 5.74) is -0.185. The minimum absolute atomic E-state index is 0.139. The van der Waals surface area contributed by atoms with E-state index in [0.29, 0.717) is 41.9 Å². The van der Waals surface area contributed by atoms with E-state index in [2.05, 4.69) is 19.1 Å². The van der Waals surface area contributed by atoms with Crippen molar-refractivity contribution in [2.45, 2.75) is 39.5 Å². The Hall–Kier alpha value is -3.80. The van der Waals surface area contributed by atoms with E-state index in [1.807, 2.05) is 19.1 Å². The molecule has 1 heterocycles. The molecular weight excluding hydrogens is 432 g/mol. The lowest BCUT2D eigenvalue weighted by atomic mass is 10.2. The molecule has 3 rings (SSSR count). The van der Waals surface area contributed by atoms with Gasteiger partial charge in [-0.15, -0.1) is 0 Å². The van der Waals surface area contributed by atoms with Crippen LogP contribution < -0.4 is 19.8 Å². The predicted molar refractivity (Wildman–Crippen MR) is 133 cm³/mol. The van der Waals surface area contributed by atoms with Crippen molar-refractivity contribution in [2.24, 2.45) is 0 Å². The number of carbonyl (C=O) groups is 1. The van der Waals surface area contributed by atoms with E-state index in [-0.39, 0.29) is 11.5 Å². The van der Waals surface area contributed by atoms with Crippen LogP contribution in [0.3, 0.4) is 0 Å². The van der Waals surface area contributed by atoms with Gasteiger partial charge in [0.25, 0.3) is 5.75 Å². The largest absolute Gasteiger partial charge is 0.492 e. The van der Waals surface area contributed by atoms with Crippen molar-refractivity contribution in [3.63, 3.8) is 0 Å². The van der Waals surface area contributed by atoms with Gasteiger partial charge in [-0.25, -0.2) is 9.59 Å². The fraction of sp³-hybridized carbons (Fsp3) is 0.286. The Morgan fingerprint density at radius 2 is 1.50 bits per heavy atom. The summed E-state index contributed by atoms with van der Waals surface area (Å²) in [6, 6.07) is 13.6. The topological polar surface area (TPSA) is 75.0 Å². The summed E-state index contributed by atoms with van der Waals surface area (Å²) in [5, 5.41) is 0.455. The summed E-state index contributed by atoms with van der Waals surface area (Å²) >= 11 is 0. The quantitative estimate of drug-likeness (QED) is 0.133. The minimum atomic E-state index is -0.793. The van der Waals surface area contributed by atoms with E-state index >= 15 is 0 Å². The summed E-state index contributed by atoms with van der Waals surface area (Å²) in [5.74, 6) is -0.337. The van der Waals surface area contributed by atoms with Gasteiger partial charge in [-0.05, 0) is 49.9 Å². The third kappa shape index (κ3) is 6.61. The first kappa shape index (κ1) is 24.8. The second kappa shape index (κ2) is 13.0. The number of rotatable bonds is 12. The summed E-state index contributed by atoms with van der Waals surface area (Å²) in [6.45, 7) is 4.85. The van der Waals surface area contributed by atoms with Gasteiger partial charge in [0, 0.05) is 0 Å². The molecule has 6 heteroatoms. The number of esters is 1. The van der Waals surface area contributed by atoms with Gasteiger partial charge in [0.2, 0.25) is 0 Å². The van der Waals surface area contributed by atoms with Crippen molar-refractivity contribution in [3.8, 4) is 17.2 Å². The average Bonchev–Trinajstić information content (AvgIpc) is 2.85. The third-order valence-corrected chi connectivity index (χ3v) is 4.89. The molecule has 0 bridgehead atoms. The number of hydrogen-bond donors (Lipinski definition) is 0. The molecule has 0 unspecified atom stereocenters. The molecule has 178 valence electrons. The molecule has 0 saturated carbocycles. The van der Waals surface area contributed by atoms with Crippen LogP contribution in [0.5, 0.6) is 17.2 Å². The molecule has 0 radical (unpaired) electrons. The number of benzene rings is 2. The lowest BCUT2D eigenvalue weighted by molar-refractivity contribution is 0.0721. The molecule has 0 spiro atoms. The highest BCUT2D eigenvalue weighted by Crippen LogP contribution is 2.39. The third-order valence-electron chi connectivity index (χ3n) is 4.89. The monoisotopic (exact) mass is 462 g/mol. The molecule has 0 fully saturated rings. The molecule has 34 heavy (non-hydrogen) atoms. The van der Waals surface area contributed by atoms with Crippen molar-refractivity contribution >= 4 is 16.9 Å². The summed E-state index contributed by atoms with van der Waals surface area (Å²) in [4.78, 5) is 25.5. The van der Waals surface area contributed by atoms with E-state index in [0.717, 1.165) is 19.3 Å². The maximum Gasteiger partial charge on any atom is 0.383 e. The van der Waals surface area contributed by atoms with Crippen LogP contribution in [-0.4, -0.2) is 19.2 Å². The lowest BCUT2D eigenvalue weighted by Gasteiger charge is -2.15. The van der Waals surface area contributed by atoms with Crippen molar-refractivity contribution < 1.29 is 23.4 Å². The molecule has 0 aliphatic heterocycles. The highest BCUT2D eigenvalue weighted by Gasteiger charge is 2.24. The average molecular weight is 463 g/mol. The Morgan fingerprint density at radius 1 is 0.824 bits per heavy atom. The van der Waals surface area contributed by atoms with E-state index in [4.69, 9.17) is 18.6 Å². The molecule has 0 atom stereocenters. The van der Waals surface area contributed by atoms with Crippen LogP contribution in [0.4, 0.5) is 0 Å². The normalized spacial score (nSPS) is 11.4. The zero-order chi connectivity index (χ0) is 24.2. The number of hydrogen-bond acceptors (Lipinski definition) is 6. The highest BCUT2D eigenvalue weighted by atomic mass is 16.6.